The van der Waals surface area contributed by atoms with Crippen molar-refractivity contribution in [2.24, 2.45) is 0 Å². The highest BCUT2D eigenvalue weighted by Gasteiger charge is 2.24. The Hall–Kier alpha value is -3.36. The number of hydrogen-bond donors (Lipinski definition) is 4. The van der Waals surface area contributed by atoms with E-state index in [1.165, 1.54) is 13.0 Å². The van der Waals surface area contributed by atoms with Crippen molar-refractivity contribution in [1.82, 2.24) is 10.6 Å². The van der Waals surface area contributed by atoms with E-state index in [0.29, 0.717) is 0 Å². The average molecular weight is 364 g/mol. The number of nitrogens with one attached hydrogen (secondary N) is 2. The second-order valence-electron chi connectivity index (χ2n) is 5.19. The molecule has 0 heterocycles. The van der Waals surface area contributed by atoms with Crippen LogP contribution in [0.2, 0.25) is 0 Å². The molecule has 1 aromatic rings. The van der Waals surface area contributed by atoms with Gasteiger partial charge in [-0.05, 0) is 18.9 Å². The first-order valence-corrected chi connectivity index (χ1v) is 7.73. The summed E-state index contributed by atoms with van der Waals surface area (Å²) < 4.78 is 4.99. The number of carboxylic acids is 2. The van der Waals surface area contributed by atoms with E-state index in [0.717, 1.165) is 5.56 Å². The summed E-state index contributed by atoms with van der Waals surface area (Å²) in [5, 5.41) is 22.1. The first-order chi connectivity index (χ1) is 12.3. The zero-order valence-electron chi connectivity index (χ0n) is 14.1. The number of rotatable bonds is 9. The molecule has 0 bridgehead atoms. The van der Waals surface area contributed by atoms with Gasteiger partial charge in [-0.2, -0.15) is 0 Å². The normalized spacial score (nSPS) is 12.0. The minimum absolute atomic E-state index is 0.0326. The maximum Gasteiger partial charge on any atom is 0.408 e. The van der Waals surface area contributed by atoms with E-state index < -0.39 is 36.4 Å². The van der Waals surface area contributed by atoms with Crippen LogP contribution in [0.1, 0.15) is 25.3 Å². The van der Waals surface area contributed by atoms with Crippen molar-refractivity contribution in [3.63, 3.8) is 0 Å². The molecule has 0 fully saturated rings. The SMILES string of the molecule is C/C=C(/NC(=O)[C@H](CCC(=O)O)NC(=O)OCc1ccccc1)C(=O)O. The van der Waals surface area contributed by atoms with Gasteiger partial charge in [-0.25, -0.2) is 9.59 Å². The predicted octanol–water partition coefficient (Wildman–Crippen LogP) is 1.25. The summed E-state index contributed by atoms with van der Waals surface area (Å²) in [5.74, 6) is -3.37. The van der Waals surface area contributed by atoms with Crippen molar-refractivity contribution in [3.8, 4) is 0 Å². The van der Waals surface area contributed by atoms with Gasteiger partial charge in [0.15, 0.2) is 0 Å². The molecule has 0 aliphatic rings. The van der Waals surface area contributed by atoms with Gasteiger partial charge < -0.3 is 25.6 Å². The van der Waals surface area contributed by atoms with Crippen LogP contribution in [-0.2, 0) is 25.7 Å². The van der Waals surface area contributed by atoms with Crippen molar-refractivity contribution in [2.45, 2.75) is 32.4 Å². The second-order valence-corrected chi connectivity index (χ2v) is 5.19. The number of amides is 2. The number of aliphatic carboxylic acids is 2. The molecule has 9 nitrogen and oxygen atoms in total. The molecule has 0 unspecified atom stereocenters. The molecule has 0 aliphatic heterocycles. The number of carbonyl (C=O) groups is 4. The van der Waals surface area contributed by atoms with Crippen molar-refractivity contribution in [3.05, 3.63) is 47.7 Å². The summed E-state index contributed by atoms with van der Waals surface area (Å²) in [6.45, 7) is 1.38. The highest BCUT2D eigenvalue weighted by molar-refractivity contribution is 5.95. The summed E-state index contributed by atoms with van der Waals surface area (Å²) in [7, 11) is 0. The molecular weight excluding hydrogens is 344 g/mol. The Morgan fingerprint density at radius 3 is 2.35 bits per heavy atom. The summed E-state index contributed by atoms with van der Waals surface area (Å²) in [4.78, 5) is 45.7. The van der Waals surface area contributed by atoms with Gasteiger partial charge in [-0.1, -0.05) is 36.4 Å². The summed E-state index contributed by atoms with van der Waals surface area (Å²) in [5.41, 5.74) is 0.353. The minimum Gasteiger partial charge on any atom is -0.481 e. The van der Waals surface area contributed by atoms with Crippen LogP contribution in [0.4, 0.5) is 4.79 Å². The highest BCUT2D eigenvalue weighted by Crippen LogP contribution is 2.04. The lowest BCUT2D eigenvalue weighted by Crippen LogP contribution is -2.47. The van der Waals surface area contributed by atoms with Crippen LogP contribution in [0.25, 0.3) is 0 Å². The van der Waals surface area contributed by atoms with Gasteiger partial charge in [0.05, 0.1) is 0 Å². The van der Waals surface area contributed by atoms with Crippen LogP contribution in [0.3, 0.4) is 0 Å². The molecule has 26 heavy (non-hydrogen) atoms. The van der Waals surface area contributed by atoms with Gasteiger partial charge in [0.25, 0.3) is 0 Å². The van der Waals surface area contributed by atoms with E-state index in [4.69, 9.17) is 14.9 Å². The van der Waals surface area contributed by atoms with Gasteiger partial charge in [0.1, 0.15) is 18.3 Å². The lowest BCUT2D eigenvalue weighted by Gasteiger charge is -2.18. The smallest absolute Gasteiger partial charge is 0.408 e. The molecule has 0 radical (unpaired) electrons. The number of carboxylic acid groups (broad SMARTS) is 2. The van der Waals surface area contributed by atoms with Crippen molar-refractivity contribution in [2.75, 3.05) is 0 Å². The summed E-state index contributed by atoms with van der Waals surface area (Å²) >= 11 is 0. The van der Waals surface area contributed by atoms with E-state index in [9.17, 15) is 19.2 Å². The monoisotopic (exact) mass is 364 g/mol. The molecule has 0 saturated carbocycles. The van der Waals surface area contributed by atoms with E-state index >= 15 is 0 Å². The summed E-state index contributed by atoms with van der Waals surface area (Å²) in [6.07, 6.45) is -0.368. The van der Waals surface area contributed by atoms with Crippen LogP contribution >= 0.6 is 0 Å². The van der Waals surface area contributed by atoms with E-state index in [1.807, 2.05) is 0 Å². The van der Waals surface area contributed by atoms with Gasteiger partial charge in [-0.15, -0.1) is 0 Å². The highest BCUT2D eigenvalue weighted by atomic mass is 16.5. The van der Waals surface area contributed by atoms with Crippen molar-refractivity contribution >= 4 is 23.9 Å². The molecule has 1 atom stereocenters. The van der Waals surface area contributed by atoms with Crippen LogP contribution in [0.15, 0.2) is 42.1 Å². The number of allylic oxidation sites excluding steroid dienone is 1. The van der Waals surface area contributed by atoms with Crippen molar-refractivity contribution < 1.29 is 34.1 Å². The molecule has 0 aromatic heterocycles. The van der Waals surface area contributed by atoms with Crippen LogP contribution in [0, 0.1) is 0 Å². The van der Waals surface area contributed by atoms with Gasteiger partial charge in [0, 0.05) is 6.42 Å². The van der Waals surface area contributed by atoms with Gasteiger partial charge in [0.2, 0.25) is 5.91 Å². The fraction of sp³-hybridized carbons (Fsp3) is 0.294. The Kier molecular flexibility index (Phi) is 8.35. The third kappa shape index (κ3) is 7.47. The molecule has 4 N–H and O–H groups in total. The van der Waals surface area contributed by atoms with Crippen LogP contribution in [0.5, 0.6) is 0 Å². The fourth-order valence-electron chi connectivity index (χ4n) is 1.91. The largest absolute Gasteiger partial charge is 0.481 e. The number of alkyl carbamates (subject to hydrolysis) is 1. The molecular formula is C17H20N2O7. The molecule has 0 spiro atoms. The maximum atomic E-state index is 12.2. The second kappa shape index (κ2) is 10.5. The Bertz CT molecular complexity index is 686. The van der Waals surface area contributed by atoms with E-state index in [1.54, 1.807) is 30.3 Å². The zero-order chi connectivity index (χ0) is 19.5. The Labute approximate surface area is 149 Å². The van der Waals surface area contributed by atoms with E-state index in [-0.39, 0.29) is 18.7 Å². The number of hydrogen-bond acceptors (Lipinski definition) is 5. The number of ether oxygens (including phenoxy) is 1. The molecule has 1 rings (SSSR count). The third-order valence-corrected chi connectivity index (χ3v) is 3.25. The first-order valence-electron chi connectivity index (χ1n) is 7.73. The maximum absolute atomic E-state index is 12.2. The lowest BCUT2D eigenvalue weighted by molar-refractivity contribution is -0.138. The lowest BCUT2D eigenvalue weighted by atomic mass is 10.1. The summed E-state index contributed by atoms with van der Waals surface area (Å²) in [6, 6.07) is 7.56. The quantitative estimate of drug-likeness (QED) is 0.483. The number of benzene rings is 1. The van der Waals surface area contributed by atoms with Crippen LogP contribution < -0.4 is 10.6 Å². The standard InChI is InChI=1S/C17H20N2O7/c1-2-12(16(23)24)18-15(22)13(8-9-14(20)21)19-17(25)26-10-11-6-4-3-5-7-11/h2-7,13H,8-10H2,1H3,(H,18,22)(H,19,25)(H,20,21)(H,23,24)/b12-2+/t13-/m0/s1. The van der Waals surface area contributed by atoms with Crippen LogP contribution in [-0.4, -0.2) is 40.2 Å². The average Bonchev–Trinajstić information content (AvgIpc) is 2.61. The molecule has 140 valence electrons. The molecule has 1 aromatic carbocycles. The topological polar surface area (TPSA) is 142 Å². The predicted molar refractivity (Wildman–Crippen MR) is 90.0 cm³/mol. The van der Waals surface area contributed by atoms with Gasteiger partial charge in [-0.3, -0.25) is 9.59 Å². The zero-order valence-corrected chi connectivity index (χ0v) is 14.1. The first kappa shape index (κ1) is 20.7. The molecule has 9 heteroatoms. The third-order valence-electron chi connectivity index (χ3n) is 3.25. The van der Waals surface area contributed by atoms with Crippen molar-refractivity contribution in [1.29, 1.82) is 0 Å². The Morgan fingerprint density at radius 2 is 1.81 bits per heavy atom. The molecule has 2 amide bonds. The Balaban J connectivity index is 2.69. The molecule has 0 saturated heterocycles. The molecule has 0 aliphatic carbocycles. The van der Waals surface area contributed by atoms with E-state index in [2.05, 4.69) is 10.6 Å². The minimum atomic E-state index is -1.36. The Morgan fingerprint density at radius 1 is 1.15 bits per heavy atom. The fourth-order valence-corrected chi connectivity index (χ4v) is 1.91. The number of carbonyl (C=O) groups excluding carboxylic acids is 2. The van der Waals surface area contributed by atoms with Gasteiger partial charge >= 0.3 is 18.0 Å².